The first-order valence-corrected chi connectivity index (χ1v) is 5.26. The van der Waals surface area contributed by atoms with Crippen molar-refractivity contribution in [2.24, 2.45) is 0 Å². The lowest BCUT2D eigenvalue weighted by Gasteiger charge is -2.06. The zero-order valence-electron chi connectivity index (χ0n) is 8.70. The number of nitrogen functional groups attached to an aromatic ring is 1. The molecule has 0 saturated carbocycles. The summed E-state index contributed by atoms with van der Waals surface area (Å²) in [6, 6.07) is 0. The van der Waals surface area contributed by atoms with Gasteiger partial charge in [0, 0.05) is 0 Å². The van der Waals surface area contributed by atoms with E-state index in [0.29, 0.717) is 22.2 Å². The van der Waals surface area contributed by atoms with Crippen LogP contribution in [0.15, 0.2) is 6.20 Å². The third-order valence-corrected chi connectivity index (χ3v) is 2.90. The van der Waals surface area contributed by atoms with Gasteiger partial charge in [0.2, 0.25) is 5.28 Å². The average molecular weight is 258 g/mol. The first-order valence-electron chi connectivity index (χ1n) is 4.51. The Labute approximate surface area is 102 Å². The van der Waals surface area contributed by atoms with Gasteiger partial charge in [-0.15, -0.1) is 0 Å². The molecule has 0 atom stereocenters. The van der Waals surface area contributed by atoms with Crippen molar-refractivity contribution in [2.45, 2.75) is 13.8 Å². The lowest BCUT2D eigenvalue weighted by molar-refractivity contribution is 0.804. The van der Waals surface area contributed by atoms with Gasteiger partial charge in [-0.25, -0.2) is 9.67 Å². The fraction of sp³-hybridized carbons (Fsp3) is 0.222. The quantitative estimate of drug-likeness (QED) is 0.796. The van der Waals surface area contributed by atoms with E-state index in [-0.39, 0.29) is 5.28 Å². The highest BCUT2D eigenvalue weighted by Gasteiger charge is 2.14. The average Bonchev–Trinajstić information content (AvgIpc) is 2.50. The van der Waals surface area contributed by atoms with Gasteiger partial charge in [-0.1, -0.05) is 11.6 Å². The van der Waals surface area contributed by atoms with Crippen LogP contribution in [0.1, 0.15) is 11.4 Å². The fourth-order valence-corrected chi connectivity index (χ4v) is 1.61. The largest absolute Gasteiger partial charge is 0.394 e. The number of nitrogens with two attached hydrogens (primary N) is 1. The second-order valence-corrected chi connectivity index (χ2v) is 4.03. The summed E-state index contributed by atoms with van der Waals surface area (Å²) in [6.45, 7) is 3.64. The van der Waals surface area contributed by atoms with Crippen LogP contribution in [0.4, 0.5) is 5.69 Å². The molecule has 2 rings (SSSR count). The van der Waals surface area contributed by atoms with E-state index in [4.69, 9.17) is 28.9 Å². The van der Waals surface area contributed by atoms with Crippen LogP contribution in [0, 0.1) is 13.8 Å². The number of nitrogens with zero attached hydrogens (tertiary/aromatic N) is 4. The van der Waals surface area contributed by atoms with Gasteiger partial charge in [0.25, 0.3) is 0 Å². The smallest absolute Gasteiger partial charge is 0.224 e. The predicted molar refractivity (Wildman–Crippen MR) is 63.1 cm³/mol. The summed E-state index contributed by atoms with van der Waals surface area (Å²) >= 11 is 11.8. The highest BCUT2D eigenvalue weighted by atomic mass is 35.5. The van der Waals surface area contributed by atoms with Crippen LogP contribution in [0.3, 0.4) is 0 Å². The van der Waals surface area contributed by atoms with Crippen LogP contribution in [-0.2, 0) is 0 Å². The van der Waals surface area contributed by atoms with E-state index in [9.17, 15) is 0 Å². The molecule has 0 aromatic carbocycles. The molecular formula is C9H9Cl2N5. The summed E-state index contributed by atoms with van der Waals surface area (Å²) < 4.78 is 1.56. The number of hydrogen-bond donors (Lipinski definition) is 1. The van der Waals surface area contributed by atoms with Crippen molar-refractivity contribution in [3.05, 3.63) is 27.9 Å². The molecule has 7 heteroatoms. The van der Waals surface area contributed by atoms with Gasteiger partial charge in [-0.05, 0) is 25.4 Å². The molecule has 0 amide bonds. The van der Waals surface area contributed by atoms with Crippen LogP contribution in [0.5, 0.6) is 0 Å². The Morgan fingerprint density at radius 3 is 2.56 bits per heavy atom. The minimum atomic E-state index is 0.118. The van der Waals surface area contributed by atoms with E-state index in [1.54, 1.807) is 4.68 Å². The number of rotatable bonds is 1. The lowest BCUT2D eigenvalue weighted by atomic mass is 10.4. The van der Waals surface area contributed by atoms with Crippen LogP contribution in [0.2, 0.25) is 10.3 Å². The zero-order chi connectivity index (χ0) is 11.9. The molecule has 0 fully saturated rings. The number of halogens is 2. The van der Waals surface area contributed by atoms with Crippen molar-refractivity contribution in [3.63, 3.8) is 0 Å². The van der Waals surface area contributed by atoms with Crippen molar-refractivity contribution < 1.29 is 0 Å². The third kappa shape index (κ3) is 1.72. The van der Waals surface area contributed by atoms with Gasteiger partial charge in [-0.2, -0.15) is 10.1 Å². The molecular weight excluding hydrogens is 249 g/mol. The highest BCUT2D eigenvalue weighted by Crippen LogP contribution is 2.24. The van der Waals surface area contributed by atoms with Gasteiger partial charge in [0.15, 0.2) is 5.82 Å². The summed E-state index contributed by atoms with van der Waals surface area (Å²) in [5.41, 5.74) is 7.64. The van der Waals surface area contributed by atoms with Crippen LogP contribution in [-0.4, -0.2) is 19.7 Å². The molecule has 0 unspecified atom stereocenters. The molecule has 0 bridgehead atoms. The molecule has 0 aliphatic rings. The number of aromatic nitrogens is 4. The monoisotopic (exact) mass is 257 g/mol. The minimum absolute atomic E-state index is 0.118. The van der Waals surface area contributed by atoms with Gasteiger partial charge in [0.05, 0.1) is 28.3 Å². The summed E-state index contributed by atoms with van der Waals surface area (Å²) in [7, 11) is 0. The van der Waals surface area contributed by atoms with E-state index >= 15 is 0 Å². The molecule has 0 radical (unpaired) electrons. The van der Waals surface area contributed by atoms with E-state index in [1.807, 2.05) is 13.8 Å². The number of hydrogen-bond acceptors (Lipinski definition) is 4. The Balaban J connectivity index is 2.67. The zero-order valence-corrected chi connectivity index (χ0v) is 10.2. The topological polar surface area (TPSA) is 69.6 Å². The van der Waals surface area contributed by atoms with E-state index in [1.165, 1.54) is 6.20 Å². The van der Waals surface area contributed by atoms with Crippen LogP contribution < -0.4 is 5.73 Å². The van der Waals surface area contributed by atoms with Gasteiger partial charge in [0.1, 0.15) is 0 Å². The molecule has 0 aliphatic carbocycles. The maximum Gasteiger partial charge on any atom is 0.224 e. The van der Waals surface area contributed by atoms with Gasteiger partial charge in [-0.3, -0.25) is 0 Å². The van der Waals surface area contributed by atoms with Crippen molar-refractivity contribution in [2.75, 3.05) is 5.73 Å². The van der Waals surface area contributed by atoms with Crippen molar-refractivity contribution >= 4 is 28.9 Å². The predicted octanol–water partition coefficient (Wildman–Crippen LogP) is 2.17. The maximum atomic E-state index is 6.04. The molecule has 2 N–H and O–H groups in total. The Bertz CT molecular complexity index is 549. The van der Waals surface area contributed by atoms with Crippen LogP contribution >= 0.6 is 23.2 Å². The van der Waals surface area contributed by atoms with Crippen molar-refractivity contribution in [3.8, 4) is 5.82 Å². The standard InChI is InChI=1S/C9H9Cl2N5/c1-4-7(10)5(2)16(15-4)8-6(12)3-13-9(11)14-8/h3H,12H2,1-2H3. The number of aryl methyl sites for hydroxylation is 1. The normalized spacial score (nSPS) is 10.8. The summed E-state index contributed by atoms with van der Waals surface area (Å²) in [5, 5.41) is 4.95. The SMILES string of the molecule is Cc1nn(-c2nc(Cl)ncc2N)c(C)c1Cl. The van der Waals surface area contributed by atoms with Gasteiger partial charge < -0.3 is 5.73 Å². The van der Waals surface area contributed by atoms with Crippen molar-refractivity contribution in [1.82, 2.24) is 19.7 Å². The Kier molecular flexibility index (Phi) is 2.73. The first-order chi connectivity index (χ1) is 7.50. The molecule has 5 nitrogen and oxygen atoms in total. The molecule has 16 heavy (non-hydrogen) atoms. The summed E-state index contributed by atoms with van der Waals surface area (Å²) in [4.78, 5) is 7.81. The lowest BCUT2D eigenvalue weighted by Crippen LogP contribution is -2.07. The van der Waals surface area contributed by atoms with Crippen LogP contribution in [0.25, 0.3) is 5.82 Å². The second kappa shape index (κ2) is 3.92. The number of anilines is 1. The summed E-state index contributed by atoms with van der Waals surface area (Å²) in [5.74, 6) is 0.438. The van der Waals surface area contributed by atoms with E-state index < -0.39 is 0 Å². The molecule has 0 aliphatic heterocycles. The Morgan fingerprint density at radius 1 is 1.31 bits per heavy atom. The minimum Gasteiger partial charge on any atom is -0.394 e. The van der Waals surface area contributed by atoms with Crippen molar-refractivity contribution in [1.29, 1.82) is 0 Å². The molecule has 0 spiro atoms. The van der Waals surface area contributed by atoms with E-state index in [2.05, 4.69) is 15.1 Å². The molecule has 2 aromatic heterocycles. The molecule has 2 heterocycles. The maximum absolute atomic E-state index is 6.04. The molecule has 2 aromatic rings. The Morgan fingerprint density at radius 2 is 2.00 bits per heavy atom. The Hall–Kier alpha value is -1.33. The third-order valence-electron chi connectivity index (χ3n) is 2.17. The second-order valence-electron chi connectivity index (χ2n) is 3.31. The van der Waals surface area contributed by atoms with E-state index in [0.717, 1.165) is 5.69 Å². The first kappa shape index (κ1) is 11.2. The van der Waals surface area contributed by atoms with Gasteiger partial charge >= 0.3 is 0 Å². The fourth-order valence-electron chi connectivity index (χ4n) is 1.36. The molecule has 0 saturated heterocycles. The molecule has 84 valence electrons. The highest BCUT2D eigenvalue weighted by molar-refractivity contribution is 6.31. The summed E-state index contributed by atoms with van der Waals surface area (Å²) in [6.07, 6.45) is 1.44.